The van der Waals surface area contributed by atoms with E-state index in [1.54, 1.807) is 27.9 Å². The zero-order chi connectivity index (χ0) is 49.3. The maximum atomic E-state index is 14.7. The van der Waals surface area contributed by atoms with Crippen LogP contribution >= 0.6 is 0 Å². The minimum absolute atomic E-state index is 0.0662. The van der Waals surface area contributed by atoms with Crippen LogP contribution in [0.1, 0.15) is 97.1 Å². The van der Waals surface area contributed by atoms with Crippen LogP contribution in [0.4, 0.5) is 0 Å². The van der Waals surface area contributed by atoms with Crippen LogP contribution in [-0.4, -0.2) is 145 Å². The van der Waals surface area contributed by atoms with E-state index in [1.165, 1.54) is 0 Å². The molecule has 0 aromatic heterocycles. The molecule has 0 bridgehead atoms. The Bertz CT molecular complexity index is 2310. The van der Waals surface area contributed by atoms with Gasteiger partial charge >= 0.3 is 0 Å². The zero-order valence-electron chi connectivity index (χ0n) is 41.4. The van der Waals surface area contributed by atoms with Gasteiger partial charge in [-0.15, -0.1) is 0 Å². The summed E-state index contributed by atoms with van der Waals surface area (Å²) in [5.74, 6) is -0.536. The standard InChI is InChI=1S/C56H72N8O6/c1-37(57-3)51(65)59-49(41-19-20-41)55(69)63-29-11-17-47(63)35-61(31-27-39-13-7-5-8-14-39)53(67)45-25-23-44-34-46(26-24-43(44)33-45)54(68)62(32-28-40-15-9-6-10-16-40)36-48-18-12-30-64(48)56(70)50(42-21-22-42)60-52(66)38(2)58-4/h5-10,13-16,23-26,33-34,37-38,41-42,47-50,57-58H,11-12,17-22,27-32,35-36H2,1-4H3,(H,59,65)(H,60,66)/t37-,38-,47-,48-,49-,50-/m0/s1. The average molecular weight is 953 g/mol. The second kappa shape index (κ2) is 23.2. The van der Waals surface area contributed by atoms with E-state index in [2.05, 4.69) is 45.5 Å². The summed E-state index contributed by atoms with van der Waals surface area (Å²) in [5, 5.41) is 13.7. The Morgan fingerprint density at radius 2 is 0.929 bits per heavy atom. The molecule has 2 aliphatic heterocycles. The number of hydrogen-bond acceptors (Lipinski definition) is 8. The fourth-order valence-electron chi connectivity index (χ4n) is 10.2. The van der Waals surface area contributed by atoms with Gasteiger partial charge in [-0.3, -0.25) is 28.8 Å². The van der Waals surface area contributed by atoms with Gasteiger partial charge in [0, 0.05) is 62.5 Å². The van der Waals surface area contributed by atoms with Crippen molar-refractivity contribution in [1.82, 2.24) is 40.9 Å². The number of carbonyl (C=O) groups excluding carboxylic acids is 6. The molecule has 8 rings (SSSR count). The lowest BCUT2D eigenvalue weighted by Gasteiger charge is -2.34. The zero-order valence-corrected chi connectivity index (χ0v) is 41.4. The molecule has 0 unspecified atom stereocenters. The van der Waals surface area contributed by atoms with Crippen molar-refractivity contribution < 1.29 is 28.8 Å². The number of amides is 6. The number of hydrogen-bond donors (Lipinski definition) is 4. The Hall–Kier alpha value is -6.12. The van der Waals surface area contributed by atoms with Crippen molar-refractivity contribution in [1.29, 1.82) is 0 Å². The molecular weight excluding hydrogens is 881 g/mol. The monoisotopic (exact) mass is 953 g/mol. The first kappa shape index (κ1) is 50.3. The lowest BCUT2D eigenvalue weighted by Crippen LogP contribution is -2.55. The van der Waals surface area contributed by atoms with Crippen LogP contribution < -0.4 is 21.3 Å². The lowest BCUT2D eigenvalue weighted by atomic mass is 10.0. The minimum atomic E-state index is -0.579. The highest BCUT2D eigenvalue weighted by Gasteiger charge is 2.44. The molecule has 6 atom stereocenters. The highest BCUT2D eigenvalue weighted by Crippen LogP contribution is 2.36. The first-order valence-electron chi connectivity index (χ1n) is 25.7. The highest BCUT2D eigenvalue weighted by atomic mass is 16.2. The van der Waals surface area contributed by atoms with Gasteiger partial charge in [0.1, 0.15) is 12.1 Å². The Kier molecular flexibility index (Phi) is 16.7. The van der Waals surface area contributed by atoms with Crippen LogP contribution in [0.25, 0.3) is 10.8 Å². The first-order valence-corrected chi connectivity index (χ1v) is 25.7. The van der Waals surface area contributed by atoms with Crippen LogP contribution in [-0.2, 0) is 32.0 Å². The van der Waals surface area contributed by atoms with Gasteiger partial charge in [-0.05, 0) is 150 Å². The van der Waals surface area contributed by atoms with E-state index in [0.717, 1.165) is 73.3 Å². The van der Waals surface area contributed by atoms with Crippen LogP contribution in [0.2, 0.25) is 0 Å². The molecule has 2 saturated heterocycles. The topological polar surface area (TPSA) is 163 Å². The van der Waals surface area contributed by atoms with E-state index in [4.69, 9.17) is 0 Å². The van der Waals surface area contributed by atoms with Crippen LogP contribution in [0.3, 0.4) is 0 Å². The quantitative estimate of drug-likeness (QED) is 0.0837. The normalized spacial score (nSPS) is 19.5. The predicted molar refractivity (Wildman–Crippen MR) is 272 cm³/mol. The van der Waals surface area contributed by atoms with E-state index in [1.807, 2.05) is 92.4 Å². The van der Waals surface area contributed by atoms with Gasteiger partial charge in [-0.2, -0.15) is 0 Å². The summed E-state index contributed by atoms with van der Waals surface area (Å²) in [4.78, 5) is 91.3. The van der Waals surface area contributed by atoms with Gasteiger partial charge in [0.2, 0.25) is 23.6 Å². The van der Waals surface area contributed by atoms with E-state index in [-0.39, 0.29) is 59.4 Å². The number of likely N-dealkylation sites (N-methyl/N-ethyl adjacent to an activating group) is 2. The molecule has 4 aromatic carbocycles. The molecule has 0 radical (unpaired) electrons. The second-order valence-corrected chi connectivity index (χ2v) is 20.1. The molecule has 2 saturated carbocycles. The first-order chi connectivity index (χ1) is 33.9. The van der Waals surface area contributed by atoms with Crippen LogP contribution in [0, 0.1) is 11.8 Å². The van der Waals surface area contributed by atoms with E-state index >= 15 is 0 Å². The van der Waals surface area contributed by atoms with Crippen LogP contribution in [0.15, 0.2) is 97.1 Å². The third kappa shape index (κ3) is 12.4. The molecule has 4 N–H and O–H groups in total. The van der Waals surface area contributed by atoms with E-state index in [0.29, 0.717) is 63.2 Å². The molecule has 0 spiro atoms. The molecule has 70 heavy (non-hydrogen) atoms. The van der Waals surface area contributed by atoms with Gasteiger partial charge in [0.25, 0.3) is 11.8 Å². The third-order valence-corrected chi connectivity index (χ3v) is 15.1. The number of carbonyl (C=O) groups is 6. The highest BCUT2D eigenvalue weighted by molar-refractivity contribution is 6.02. The predicted octanol–water partition coefficient (Wildman–Crippen LogP) is 5.20. The summed E-state index contributed by atoms with van der Waals surface area (Å²) in [5.41, 5.74) is 3.27. The number of fused-ring (bicyclic) bond motifs is 1. The van der Waals surface area contributed by atoms with Crippen molar-refractivity contribution in [2.24, 2.45) is 11.8 Å². The molecule has 14 nitrogen and oxygen atoms in total. The summed E-state index contributed by atoms with van der Waals surface area (Å²) in [7, 11) is 3.46. The molecule has 2 heterocycles. The van der Waals surface area contributed by atoms with Gasteiger partial charge in [-0.25, -0.2) is 0 Å². The van der Waals surface area contributed by atoms with Crippen LogP contribution in [0.5, 0.6) is 0 Å². The van der Waals surface area contributed by atoms with Gasteiger partial charge in [0.05, 0.1) is 12.1 Å². The van der Waals surface area contributed by atoms with E-state index in [9.17, 15) is 28.8 Å². The van der Waals surface area contributed by atoms with E-state index < -0.39 is 24.2 Å². The number of nitrogens with one attached hydrogen (secondary N) is 4. The maximum absolute atomic E-state index is 14.7. The van der Waals surface area contributed by atoms with Gasteiger partial charge in [0.15, 0.2) is 0 Å². The van der Waals surface area contributed by atoms with Crippen molar-refractivity contribution in [2.45, 2.75) is 114 Å². The van der Waals surface area contributed by atoms with Crippen molar-refractivity contribution in [3.8, 4) is 0 Å². The summed E-state index contributed by atoms with van der Waals surface area (Å²) < 4.78 is 0. The lowest BCUT2D eigenvalue weighted by molar-refractivity contribution is -0.138. The fourth-order valence-corrected chi connectivity index (χ4v) is 10.2. The van der Waals surface area contributed by atoms with Crippen molar-refractivity contribution >= 4 is 46.2 Å². The minimum Gasteiger partial charge on any atom is -0.343 e. The van der Waals surface area contributed by atoms with Crippen molar-refractivity contribution in [2.75, 3.05) is 53.4 Å². The largest absolute Gasteiger partial charge is 0.343 e. The van der Waals surface area contributed by atoms with Gasteiger partial charge in [-0.1, -0.05) is 72.8 Å². The molecule has 372 valence electrons. The molecule has 6 amide bonds. The maximum Gasteiger partial charge on any atom is 0.253 e. The molecule has 14 heteroatoms. The second-order valence-electron chi connectivity index (χ2n) is 20.1. The molecule has 4 aromatic rings. The Morgan fingerprint density at radius 1 is 0.543 bits per heavy atom. The van der Waals surface area contributed by atoms with Gasteiger partial charge < -0.3 is 40.9 Å². The Morgan fingerprint density at radius 3 is 1.29 bits per heavy atom. The van der Waals surface area contributed by atoms with Crippen molar-refractivity contribution in [3.05, 3.63) is 119 Å². The Labute approximate surface area is 413 Å². The number of rotatable bonds is 22. The average Bonchev–Trinajstić information content (AvgIpc) is 4.33. The molecular formula is C56H72N8O6. The number of nitrogens with zero attached hydrogens (tertiary/aromatic N) is 4. The number of likely N-dealkylation sites (tertiary alicyclic amines) is 2. The fraction of sp³-hybridized carbons (Fsp3) is 0.500. The smallest absolute Gasteiger partial charge is 0.253 e. The summed E-state index contributed by atoms with van der Waals surface area (Å²) in [6.45, 7) is 6.40. The molecule has 2 aliphatic carbocycles. The molecule has 4 aliphatic rings. The summed E-state index contributed by atoms with van der Waals surface area (Å²) in [6, 6.07) is 29.0. The third-order valence-electron chi connectivity index (χ3n) is 15.1. The SMILES string of the molecule is CN[C@@H](C)C(=O)N[C@H](C(=O)N1CCC[C@H]1CN(CCc1ccccc1)C(=O)c1ccc2cc(C(=O)N(CCc3ccccc3)C[C@@H]3CCCN3C(=O)[C@@H](NC(=O)[C@H](C)NC)C3CC3)ccc2c1)C1CC1. The van der Waals surface area contributed by atoms with Crippen molar-refractivity contribution in [3.63, 3.8) is 0 Å². The Balaban J connectivity index is 0.998. The number of benzene rings is 4. The molecule has 4 fully saturated rings. The summed E-state index contributed by atoms with van der Waals surface area (Å²) in [6.07, 6.45) is 8.07. The summed E-state index contributed by atoms with van der Waals surface area (Å²) >= 11 is 0.